The third-order valence-electron chi connectivity index (χ3n) is 8.14. The number of carboxylic acids is 1. The summed E-state index contributed by atoms with van der Waals surface area (Å²) >= 11 is 0. The molecule has 258 valence electrons. The molecule has 0 fully saturated rings. The van der Waals surface area contributed by atoms with Crippen LogP contribution in [0.25, 0.3) is 11.1 Å². The third kappa shape index (κ3) is 10.1. The third-order valence-corrected chi connectivity index (χ3v) is 8.14. The van der Waals surface area contributed by atoms with Crippen molar-refractivity contribution >= 4 is 41.5 Å². The number of likely N-dealkylation sites (N-methyl/N-ethyl adjacent to an activating group) is 5. The van der Waals surface area contributed by atoms with Crippen molar-refractivity contribution in [3.8, 4) is 11.1 Å². The van der Waals surface area contributed by atoms with Crippen LogP contribution in [0.1, 0.15) is 36.3 Å². The van der Waals surface area contributed by atoms with Crippen LogP contribution in [0.5, 0.6) is 0 Å². The van der Waals surface area contributed by atoms with Crippen molar-refractivity contribution in [3.63, 3.8) is 0 Å². The number of hydrogen-bond donors (Lipinski definition) is 1. The lowest BCUT2D eigenvalue weighted by Gasteiger charge is -2.26. The summed E-state index contributed by atoms with van der Waals surface area (Å²) in [6.45, 7) is -1.68. The molecule has 1 aliphatic rings. The number of fused-ring (bicyclic) bond motifs is 3. The maximum Gasteiger partial charge on any atom is 0.323 e. The van der Waals surface area contributed by atoms with Gasteiger partial charge in [-0.1, -0.05) is 48.5 Å². The number of ether oxygens (including phenoxy) is 1. The Morgan fingerprint density at radius 2 is 0.938 bits per heavy atom. The summed E-state index contributed by atoms with van der Waals surface area (Å²) in [5.74, 6) is -4.18. The molecule has 2 aromatic rings. The normalized spacial score (nSPS) is 11.5. The van der Waals surface area contributed by atoms with Crippen molar-refractivity contribution in [3.05, 3.63) is 59.7 Å². The van der Waals surface area contributed by atoms with Crippen LogP contribution in [-0.4, -0.2) is 146 Å². The van der Waals surface area contributed by atoms with Crippen molar-refractivity contribution in [1.82, 2.24) is 24.5 Å². The van der Waals surface area contributed by atoms with Crippen LogP contribution in [0.4, 0.5) is 0 Å². The number of nitrogens with zero attached hydrogens (tertiary/aromatic N) is 5. The molecule has 1 aliphatic carbocycles. The van der Waals surface area contributed by atoms with E-state index in [0.29, 0.717) is 0 Å². The van der Waals surface area contributed by atoms with Crippen molar-refractivity contribution in [1.29, 1.82) is 0 Å². The summed E-state index contributed by atoms with van der Waals surface area (Å²) in [7, 11) is 6.88. The molecule has 0 bridgehead atoms. The van der Waals surface area contributed by atoms with Gasteiger partial charge in [-0.05, 0) is 28.7 Å². The van der Waals surface area contributed by atoms with Crippen LogP contribution in [0.15, 0.2) is 48.5 Å². The number of aliphatic carboxylic acids is 1. The molecule has 3 rings (SSSR count). The van der Waals surface area contributed by atoms with Gasteiger partial charge in [0.25, 0.3) is 0 Å². The number of carboxylic acid groups (broad SMARTS) is 1. The molecule has 0 aromatic heterocycles. The zero-order valence-electron chi connectivity index (χ0n) is 28.0. The second kappa shape index (κ2) is 17.0. The van der Waals surface area contributed by atoms with E-state index in [4.69, 9.17) is 9.84 Å². The van der Waals surface area contributed by atoms with E-state index in [1.807, 2.05) is 36.4 Å². The Balaban J connectivity index is 1.36. The standard InChI is InChI=1S/C34H43N5O9/c1-35(17-29(41)36(2)18-30(42)37(3)19-31(43)38(4)20-32(44)39(5)21-33(45)46)28(40)15-10-16-34(47)48-22-27-25-13-8-6-11-23(25)24-12-7-9-14-26(24)27/h6-9,11-14,27H,10,15-22H2,1-5H3,(H,45,46). The van der Waals surface area contributed by atoms with Gasteiger partial charge >= 0.3 is 11.9 Å². The fraction of sp³-hybridized carbons (Fsp3) is 0.441. The highest BCUT2D eigenvalue weighted by Crippen LogP contribution is 2.44. The summed E-state index contributed by atoms with van der Waals surface area (Å²) < 4.78 is 5.59. The fourth-order valence-electron chi connectivity index (χ4n) is 5.20. The van der Waals surface area contributed by atoms with Gasteiger partial charge in [0.05, 0.1) is 26.2 Å². The van der Waals surface area contributed by atoms with E-state index in [1.165, 1.54) is 40.1 Å². The lowest BCUT2D eigenvalue weighted by atomic mass is 9.98. The molecule has 1 N–H and O–H groups in total. The number of benzene rings is 2. The molecule has 14 heteroatoms. The number of hydrogen-bond acceptors (Lipinski definition) is 8. The van der Waals surface area contributed by atoms with Crippen LogP contribution in [-0.2, 0) is 38.3 Å². The molecule has 0 radical (unpaired) electrons. The van der Waals surface area contributed by atoms with Gasteiger partial charge < -0.3 is 34.3 Å². The Bertz CT molecular complexity index is 1500. The predicted octanol–water partition coefficient (Wildman–Crippen LogP) is 0.889. The number of rotatable bonds is 16. The minimum atomic E-state index is -1.19. The minimum absolute atomic E-state index is 0.0313. The second-order valence-corrected chi connectivity index (χ2v) is 11.9. The Morgan fingerprint density at radius 3 is 1.35 bits per heavy atom. The largest absolute Gasteiger partial charge is 0.480 e. The van der Waals surface area contributed by atoms with Gasteiger partial charge in [0, 0.05) is 54.0 Å². The van der Waals surface area contributed by atoms with E-state index in [-0.39, 0.29) is 63.9 Å². The smallest absolute Gasteiger partial charge is 0.323 e. The first-order valence-corrected chi connectivity index (χ1v) is 15.4. The van der Waals surface area contributed by atoms with E-state index in [1.54, 1.807) is 0 Å². The Labute approximate surface area is 279 Å². The average molecular weight is 666 g/mol. The summed E-state index contributed by atoms with van der Waals surface area (Å²) in [5.41, 5.74) is 4.49. The van der Waals surface area contributed by atoms with Crippen LogP contribution in [0, 0.1) is 0 Å². The highest BCUT2D eigenvalue weighted by atomic mass is 16.5. The predicted molar refractivity (Wildman–Crippen MR) is 174 cm³/mol. The Kier molecular flexibility index (Phi) is 13.2. The van der Waals surface area contributed by atoms with Gasteiger partial charge in [-0.15, -0.1) is 0 Å². The first kappa shape index (κ1) is 37.2. The molecular formula is C34H43N5O9. The molecule has 0 spiro atoms. The molecule has 0 saturated carbocycles. The van der Waals surface area contributed by atoms with Gasteiger partial charge in [-0.2, -0.15) is 0 Å². The van der Waals surface area contributed by atoms with E-state index >= 15 is 0 Å². The molecule has 0 atom stereocenters. The number of esters is 1. The van der Waals surface area contributed by atoms with Crippen LogP contribution in [0.2, 0.25) is 0 Å². The van der Waals surface area contributed by atoms with E-state index < -0.39 is 42.1 Å². The molecular weight excluding hydrogens is 622 g/mol. The topological polar surface area (TPSA) is 165 Å². The van der Waals surface area contributed by atoms with Crippen LogP contribution >= 0.6 is 0 Å². The fourth-order valence-corrected chi connectivity index (χ4v) is 5.20. The molecule has 0 unspecified atom stereocenters. The van der Waals surface area contributed by atoms with Crippen molar-refractivity contribution in [2.24, 2.45) is 0 Å². The molecule has 0 saturated heterocycles. The summed E-state index contributed by atoms with van der Waals surface area (Å²) in [6, 6.07) is 16.1. The average Bonchev–Trinajstić information content (AvgIpc) is 3.36. The first-order valence-electron chi connectivity index (χ1n) is 15.4. The van der Waals surface area contributed by atoms with E-state index in [0.717, 1.165) is 41.9 Å². The Hall–Kier alpha value is -5.27. The lowest BCUT2D eigenvalue weighted by Crippen LogP contribution is -2.47. The maximum absolute atomic E-state index is 12.7. The summed E-state index contributed by atoms with van der Waals surface area (Å²) in [5, 5.41) is 8.80. The maximum atomic E-state index is 12.7. The van der Waals surface area contributed by atoms with Crippen molar-refractivity contribution < 1.29 is 43.4 Å². The summed E-state index contributed by atoms with van der Waals surface area (Å²) in [6.07, 6.45) is 0.325. The highest BCUT2D eigenvalue weighted by Gasteiger charge is 2.29. The highest BCUT2D eigenvalue weighted by molar-refractivity contribution is 5.91. The number of carbonyl (C=O) groups excluding carboxylic acids is 6. The monoisotopic (exact) mass is 665 g/mol. The molecule has 2 aromatic carbocycles. The van der Waals surface area contributed by atoms with E-state index in [2.05, 4.69) is 12.1 Å². The van der Waals surface area contributed by atoms with Gasteiger partial charge in [0.2, 0.25) is 29.5 Å². The molecule has 48 heavy (non-hydrogen) atoms. The van der Waals surface area contributed by atoms with Crippen LogP contribution in [0.3, 0.4) is 0 Å². The van der Waals surface area contributed by atoms with Crippen molar-refractivity contribution in [2.75, 3.05) is 74.6 Å². The minimum Gasteiger partial charge on any atom is -0.480 e. The molecule has 0 heterocycles. The Morgan fingerprint density at radius 1 is 0.562 bits per heavy atom. The van der Waals surface area contributed by atoms with Gasteiger partial charge in [-0.3, -0.25) is 33.6 Å². The number of amides is 5. The SMILES string of the molecule is CN(CC(=O)O)C(=O)CN(C)C(=O)CN(C)C(=O)CN(C)C(=O)CN(C)C(=O)CCCC(=O)OCC1c2ccccc2-c2ccccc21. The molecule has 14 nitrogen and oxygen atoms in total. The van der Waals surface area contributed by atoms with Crippen LogP contribution < -0.4 is 0 Å². The number of carbonyl (C=O) groups is 7. The second-order valence-electron chi connectivity index (χ2n) is 11.9. The first-order chi connectivity index (χ1) is 22.7. The zero-order valence-corrected chi connectivity index (χ0v) is 28.0. The van der Waals surface area contributed by atoms with Gasteiger partial charge in [0.1, 0.15) is 13.2 Å². The van der Waals surface area contributed by atoms with Crippen molar-refractivity contribution in [2.45, 2.75) is 25.2 Å². The van der Waals surface area contributed by atoms with Gasteiger partial charge in [-0.25, -0.2) is 0 Å². The molecule has 0 aliphatic heterocycles. The zero-order chi connectivity index (χ0) is 35.5. The molecule has 5 amide bonds. The summed E-state index contributed by atoms with van der Waals surface area (Å²) in [4.78, 5) is 91.4. The quantitative estimate of drug-likeness (QED) is 0.257. The van der Waals surface area contributed by atoms with E-state index in [9.17, 15) is 33.6 Å². The lowest BCUT2D eigenvalue weighted by molar-refractivity contribution is -0.146. The van der Waals surface area contributed by atoms with Gasteiger partial charge in [0.15, 0.2) is 0 Å².